The molecule has 5 heteroatoms. The third kappa shape index (κ3) is 3.79. The summed E-state index contributed by atoms with van der Waals surface area (Å²) in [6.45, 7) is 2.20. The van der Waals surface area contributed by atoms with Gasteiger partial charge in [0.2, 0.25) is 0 Å². The van der Waals surface area contributed by atoms with Gasteiger partial charge >= 0.3 is 5.69 Å². The number of rotatable bonds is 5. The van der Waals surface area contributed by atoms with Gasteiger partial charge in [0.15, 0.2) is 5.75 Å². The molecule has 0 atom stereocenters. The van der Waals surface area contributed by atoms with Crippen LogP contribution in [0, 0.1) is 10.1 Å². The molecule has 0 fully saturated rings. The lowest BCUT2D eigenvalue weighted by Gasteiger charge is -2.06. The molecule has 1 rings (SSSR count). The first-order valence-corrected chi connectivity index (χ1v) is 5.30. The minimum atomic E-state index is -0.440. The van der Waals surface area contributed by atoms with Gasteiger partial charge in [0.1, 0.15) is 0 Å². The second-order valence-corrected chi connectivity index (χ2v) is 3.70. The highest BCUT2D eigenvalue weighted by molar-refractivity contribution is 5.58. The molecule has 0 amide bonds. The number of hydrogen-bond donors (Lipinski definition) is 0. The van der Waals surface area contributed by atoms with Gasteiger partial charge in [-0.25, -0.2) is 0 Å². The van der Waals surface area contributed by atoms with Crippen LogP contribution in [0.5, 0.6) is 5.75 Å². The largest absolute Gasteiger partial charge is 0.487 e. The lowest BCUT2D eigenvalue weighted by molar-refractivity contribution is -0.385. The van der Waals surface area contributed by atoms with Crippen LogP contribution in [0.4, 0.5) is 5.69 Å². The Hall–Kier alpha value is -2.04. The average Bonchev–Trinajstić information content (AvgIpc) is 2.26. The van der Waals surface area contributed by atoms with Crippen LogP contribution in [0.3, 0.4) is 0 Å². The van der Waals surface area contributed by atoms with Gasteiger partial charge < -0.3 is 9.64 Å². The molecule has 0 spiro atoms. The van der Waals surface area contributed by atoms with Crippen molar-refractivity contribution in [1.82, 2.24) is 4.90 Å². The maximum absolute atomic E-state index is 10.8. The van der Waals surface area contributed by atoms with Gasteiger partial charge in [-0.15, -0.1) is 0 Å². The molecule has 0 unspecified atom stereocenters. The lowest BCUT2D eigenvalue weighted by atomic mass is 10.2. The van der Waals surface area contributed by atoms with Crippen LogP contribution < -0.4 is 4.74 Å². The summed E-state index contributed by atoms with van der Waals surface area (Å²) in [5.74, 6) is 0.304. The Morgan fingerprint density at radius 2 is 2.18 bits per heavy atom. The van der Waals surface area contributed by atoms with Crippen molar-refractivity contribution in [3.63, 3.8) is 0 Å². The zero-order valence-corrected chi connectivity index (χ0v) is 10.2. The van der Waals surface area contributed by atoms with Crippen LogP contribution in [0.2, 0.25) is 0 Å². The predicted molar refractivity (Wildman–Crippen MR) is 67.0 cm³/mol. The van der Waals surface area contributed by atoms with Crippen LogP contribution in [0.25, 0.3) is 6.08 Å². The summed E-state index contributed by atoms with van der Waals surface area (Å²) in [5.41, 5.74) is 0.863. The second kappa shape index (κ2) is 5.89. The van der Waals surface area contributed by atoms with Gasteiger partial charge in [-0.1, -0.05) is 0 Å². The predicted octanol–water partition coefficient (Wildman–Crippen LogP) is 2.53. The Morgan fingerprint density at radius 1 is 1.47 bits per heavy atom. The molecule has 92 valence electrons. The zero-order chi connectivity index (χ0) is 12.8. The van der Waals surface area contributed by atoms with Crippen LogP contribution in [0.15, 0.2) is 24.4 Å². The van der Waals surface area contributed by atoms with Gasteiger partial charge in [0.05, 0.1) is 11.5 Å². The highest BCUT2D eigenvalue weighted by Crippen LogP contribution is 2.28. The highest BCUT2D eigenvalue weighted by atomic mass is 16.6. The van der Waals surface area contributed by atoms with Crippen molar-refractivity contribution in [2.75, 3.05) is 20.7 Å². The molecule has 0 aliphatic carbocycles. The molecule has 0 aliphatic heterocycles. The monoisotopic (exact) mass is 236 g/mol. The van der Waals surface area contributed by atoms with E-state index in [0.29, 0.717) is 12.4 Å². The first-order chi connectivity index (χ1) is 8.04. The summed E-state index contributed by atoms with van der Waals surface area (Å²) in [7, 11) is 3.82. The number of hydrogen-bond acceptors (Lipinski definition) is 4. The number of benzene rings is 1. The maximum Gasteiger partial charge on any atom is 0.310 e. The summed E-state index contributed by atoms with van der Waals surface area (Å²) in [6, 6.07) is 4.82. The second-order valence-electron chi connectivity index (χ2n) is 3.70. The summed E-state index contributed by atoms with van der Waals surface area (Å²) in [6.07, 6.45) is 3.74. The molecular formula is C12H16N2O3. The van der Waals surface area contributed by atoms with Crippen molar-refractivity contribution in [3.8, 4) is 5.75 Å². The summed E-state index contributed by atoms with van der Waals surface area (Å²) >= 11 is 0. The van der Waals surface area contributed by atoms with E-state index in [1.165, 1.54) is 6.07 Å². The van der Waals surface area contributed by atoms with Gasteiger partial charge in [0.25, 0.3) is 0 Å². The molecular weight excluding hydrogens is 220 g/mol. The number of nitrogens with zero attached hydrogens (tertiary/aromatic N) is 2. The lowest BCUT2D eigenvalue weighted by Crippen LogP contribution is -2.00. The number of nitro groups is 1. The molecule has 0 saturated heterocycles. The Bertz CT molecular complexity index is 428. The Labute approximate surface area is 100 Å². The maximum atomic E-state index is 10.8. The molecule has 1 aromatic rings. The topological polar surface area (TPSA) is 55.6 Å². The van der Waals surface area contributed by atoms with Crippen LogP contribution in [-0.2, 0) is 0 Å². The van der Waals surface area contributed by atoms with Crippen molar-refractivity contribution in [1.29, 1.82) is 0 Å². The summed E-state index contributed by atoms with van der Waals surface area (Å²) < 4.78 is 5.26. The number of nitro benzene ring substituents is 1. The third-order valence-corrected chi connectivity index (χ3v) is 2.05. The smallest absolute Gasteiger partial charge is 0.310 e. The first kappa shape index (κ1) is 13.0. The highest BCUT2D eigenvalue weighted by Gasteiger charge is 2.14. The van der Waals surface area contributed by atoms with Crippen molar-refractivity contribution in [3.05, 3.63) is 40.1 Å². The van der Waals surface area contributed by atoms with E-state index in [9.17, 15) is 10.1 Å². The molecule has 0 bridgehead atoms. The van der Waals surface area contributed by atoms with Crippen LogP contribution >= 0.6 is 0 Å². The fourth-order valence-corrected chi connectivity index (χ4v) is 1.29. The molecule has 1 aromatic carbocycles. The minimum absolute atomic E-state index is 0.00569. The standard InChI is InChI=1S/C12H16N2O3/c1-4-17-12-9-10(7-8-13(2)3)5-6-11(12)14(15)16/h5-9H,4H2,1-3H3/b8-7+. The minimum Gasteiger partial charge on any atom is -0.487 e. The van der Waals surface area contributed by atoms with Gasteiger partial charge in [-0.2, -0.15) is 0 Å². The Kier molecular flexibility index (Phi) is 4.51. The fraction of sp³-hybridized carbons (Fsp3) is 0.333. The van der Waals surface area contributed by atoms with E-state index in [2.05, 4.69) is 0 Å². The Balaban J connectivity index is 3.05. The molecule has 5 nitrogen and oxygen atoms in total. The molecule has 17 heavy (non-hydrogen) atoms. The van der Waals surface area contributed by atoms with Gasteiger partial charge in [0, 0.05) is 20.2 Å². The molecule has 0 aliphatic rings. The van der Waals surface area contributed by atoms with Crippen molar-refractivity contribution >= 4 is 11.8 Å². The SMILES string of the molecule is CCOc1cc(/C=C/N(C)C)ccc1[N+](=O)[O-]. The van der Waals surface area contributed by atoms with E-state index in [1.807, 2.05) is 31.3 Å². The zero-order valence-electron chi connectivity index (χ0n) is 10.2. The van der Waals surface area contributed by atoms with E-state index in [1.54, 1.807) is 19.1 Å². The van der Waals surface area contributed by atoms with E-state index >= 15 is 0 Å². The average molecular weight is 236 g/mol. The Morgan fingerprint density at radius 3 is 2.71 bits per heavy atom. The quantitative estimate of drug-likeness (QED) is 0.582. The van der Waals surface area contributed by atoms with Crippen molar-refractivity contribution in [2.24, 2.45) is 0 Å². The summed E-state index contributed by atoms with van der Waals surface area (Å²) in [4.78, 5) is 12.2. The van der Waals surface area contributed by atoms with Crippen molar-refractivity contribution < 1.29 is 9.66 Å². The summed E-state index contributed by atoms with van der Waals surface area (Å²) in [5, 5.41) is 10.8. The van der Waals surface area contributed by atoms with Crippen LogP contribution in [-0.4, -0.2) is 30.5 Å². The molecule has 0 radical (unpaired) electrons. The van der Waals surface area contributed by atoms with Gasteiger partial charge in [-0.05, 0) is 36.9 Å². The van der Waals surface area contributed by atoms with Crippen molar-refractivity contribution in [2.45, 2.75) is 6.92 Å². The normalized spacial score (nSPS) is 10.5. The fourth-order valence-electron chi connectivity index (χ4n) is 1.29. The van der Waals surface area contributed by atoms with E-state index < -0.39 is 4.92 Å². The molecule has 0 N–H and O–H groups in total. The first-order valence-electron chi connectivity index (χ1n) is 5.30. The molecule has 0 aromatic heterocycles. The molecule has 0 heterocycles. The van der Waals surface area contributed by atoms with Crippen LogP contribution in [0.1, 0.15) is 12.5 Å². The van der Waals surface area contributed by atoms with E-state index in [4.69, 9.17) is 4.74 Å². The number of ether oxygens (including phenoxy) is 1. The van der Waals surface area contributed by atoms with E-state index in [0.717, 1.165) is 5.56 Å². The molecule has 0 saturated carbocycles. The van der Waals surface area contributed by atoms with E-state index in [-0.39, 0.29) is 5.69 Å². The van der Waals surface area contributed by atoms with Gasteiger partial charge in [-0.3, -0.25) is 10.1 Å². The third-order valence-electron chi connectivity index (χ3n) is 2.05.